The Kier molecular flexibility index (Phi) is 6.26. The van der Waals surface area contributed by atoms with Gasteiger partial charge >= 0.3 is 12.0 Å². The molecule has 0 aromatic carbocycles. The van der Waals surface area contributed by atoms with Gasteiger partial charge in [0.2, 0.25) is 0 Å². The molecule has 0 aromatic rings. The lowest BCUT2D eigenvalue weighted by Gasteiger charge is -2.31. The van der Waals surface area contributed by atoms with Gasteiger partial charge in [-0.05, 0) is 32.4 Å². The molecule has 1 atom stereocenters. The van der Waals surface area contributed by atoms with Gasteiger partial charge in [0.1, 0.15) is 6.54 Å². The Morgan fingerprint density at radius 1 is 1.40 bits per heavy atom. The van der Waals surface area contributed by atoms with Crippen LogP contribution >= 0.6 is 0 Å². The molecular formula is C14H27N3O3. The zero-order valence-corrected chi connectivity index (χ0v) is 13.0. The number of carbonyl (C=O) groups excluding carboxylic acids is 1. The number of carboxylic acids is 1. The molecule has 0 aromatic heterocycles. The highest BCUT2D eigenvalue weighted by Gasteiger charge is 2.27. The highest BCUT2D eigenvalue weighted by molar-refractivity contribution is 5.80. The number of nitrogens with zero attached hydrogens (tertiary/aromatic N) is 3. The molecule has 1 rings (SSSR count). The number of hydrogen-bond donors (Lipinski definition) is 1. The lowest BCUT2D eigenvalue weighted by Crippen LogP contribution is -2.48. The van der Waals surface area contributed by atoms with E-state index in [0.29, 0.717) is 19.1 Å². The molecule has 20 heavy (non-hydrogen) atoms. The van der Waals surface area contributed by atoms with E-state index in [1.807, 2.05) is 13.8 Å². The Morgan fingerprint density at radius 3 is 2.50 bits per heavy atom. The van der Waals surface area contributed by atoms with Gasteiger partial charge in [-0.25, -0.2) is 4.79 Å². The summed E-state index contributed by atoms with van der Waals surface area (Å²) < 4.78 is 0. The Bertz CT molecular complexity index is 347. The number of aliphatic carboxylic acids is 1. The molecule has 0 radical (unpaired) electrons. The van der Waals surface area contributed by atoms with E-state index in [2.05, 4.69) is 11.9 Å². The molecule has 1 heterocycles. The number of amides is 2. The lowest BCUT2D eigenvalue weighted by atomic mass is 10.2. The topological polar surface area (TPSA) is 64.1 Å². The summed E-state index contributed by atoms with van der Waals surface area (Å²) in [6.07, 6.45) is 2.26. The molecule has 1 saturated heterocycles. The summed E-state index contributed by atoms with van der Waals surface area (Å²) in [5, 5.41) is 8.93. The van der Waals surface area contributed by atoms with E-state index in [4.69, 9.17) is 5.11 Å². The lowest BCUT2D eigenvalue weighted by molar-refractivity contribution is -0.137. The van der Waals surface area contributed by atoms with E-state index >= 15 is 0 Å². The first-order chi connectivity index (χ1) is 9.31. The summed E-state index contributed by atoms with van der Waals surface area (Å²) in [7, 11) is 3.82. The molecule has 0 bridgehead atoms. The monoisotopic (exact) mass is 285 g/mol. The summed E-state index contributed by atoms with van der Waals surface area (Å²) in [4.78, 5) is 28.6. The van der Waals surface area contributed by atoms with E-state index in [1.54, 1.807) is 11.9 Å². The van der Waals surface area contributed by atoms with Gasteiger partial charge in [-0.1, -0.05) is 13.8 Å². The highest BCUT2D eigenvalue weighted by atomic mass is 16.4. The van der Waals surface area contributed by atoms with E-state index in [0.717, 1.165) is 19.4 Å². The maximum atomic E-state index is 12.4. The number of hydrogen-bond acceptors (Lipinski definition) is 3. The zero-order chi connectivity index (χ0) is 15.3. The molecule has 116 valence electrons. The standard InChI is InChI=1S/C14H27N3O3/c1-11(2)8-17(10-13(18)19)14(20)16(4)9-12-6-5-7-15(12)3/h11-12H,5-10H2,1-4H3,(H,18,19). The third-order valence-corrected chi connectivity index (χ3v) is 3.66. The van der Waals surface area contributed by atoms with Gasteiger partial charge < -0.3 is 19.8 Å². The number of urea groups is 1. The molecule has 0 saturated carbocycles. The first-order valence-electron chi connectivity index (χ1n) is 7.23. The van der Waals surface area contributed by atoms with Crippen LogP contribution in [0.5, 0.6) is 0 Å². The Labute approximate surface area is 121 Å². The van der Waals surface area contributed by atoms with Gasteiger partial charge in [-0.3, -0.25) is 4.79 Å². The van der Waals surface area contributed by atoms with Crippen molar-refractivity contribution in [2.45, 2.75) is 32.7 Å². The van der Waals surface area contributed by atoms with Crippen LogP contribution in [0.3, 0.4) is 0 Å². The SMILES string of the molecule is CC(C)CN(CC(=O)O)C(=O)N(C)CC1CCCN1C. The normalized spacial score (nSPS) is 19.4. The highest BCUT2D eigenvalue weighted by Crippen LogP contribution is 2.16. The predicted octanol–water partition coefficient (Wildman–Crippen LogP) is 1.17. The fourth-order valence-electron chi connectivity index (χ4n) is 2.66. The van der Waals surface area contributed by atoms with Crippen molar-refractivity contribution in [2.75, 3.05) is 40.3 Å². The predicted molar refractivity (Wildman–Crippen MR) is 77.7 cm³/mol. The van der Waals surface area contributed by atoms with E-state index in [1.165, 1.54) is 4.90 Å². The van der Waals surface area contributed by atoms with Crippen molar-refractivity contribution < 1.29 is 14.7 Å². The van der Waals surface area contributed by atoms with Crippen molar-refractivity contribution in [1.29, 1.82) is 0 Å². The van der Waals surface area contributed by atoms with Gasteiger partial charge in [-0.15, -0.1) is 0 Å². The van der Waals surface area contributed by atoms with Crippen LogP contribution in [0.2, 0.25) is 0 Å². The quantitative estimate of drug-likeness (QED) is 0.796. The molecule has 1 unspecified atom stereocenters. The fourth-order valence-corrected chi connectivity index (χ4v) is 2.66. The fraction of sp³-hybridized carbons (Fsp3) is 0.857. The number of rotatable bonds is 6. The van der Waals surface area contributed by atoms with Crippen LogP contribution in [0.4, 0.5) is 4.79 Å². The van der Waals surface area contributed by atoms with Crippen molar-refractivity contribution in [3.05, 3.63) is 0 Å². The summed E-state index contributed by atoms with van der Waals surface area (Å²) >= 11 is 0. The van der Waals surface area contributed by atoms with E-state index < -0.39 is 5.97 Å². The largest absolute Gasteiger partial charge is 0.480 e. The third-order valence-electron chi connectivity index (χ3n) is 3.66. The van der Waals surface area contributed by atoms with Crippen molar-refractivity contribution >= 4 is 12.0 Å². The Morgan fingerprint density at radius 2 is 2.05 bits per heavy atom. The average Bonchev–Trinajstić information content (AvgIpc) is 2.72. The second-order valence-corrected chi connectivity index (χ2v) is 6.11. The molecule has 1 fully saturated rings. The van der Waals surface area contributed by atoms with Crippen molar-refractivity contribution in [3.63, 3.8) is 0 Å². The second-order valence-electron chi connectivity index (χ2n) is 6.11. The number of likely N-dealkylation sites (tertiary alicyclic amines) is 1. The molecule has 1 N–H and O–H groups in total. The molecule has 1 aliphatic rings. The second kappa shape index (κ2) is 7.47. The van der Waals surface area contributed by atoms with Gasteiger partial charge in [0.25, 0.3) is 0 Å². The number of carbonyl (C=O) groups is 2. The molecule has 6 heteroatoms. The first kappa shape index (κ1) is 16.8. The van der Waals surface area contributed by atoms with Crippen LogP contribution in [0.15, 0.2) is 0 Å². The minimum atomic E-state index is -0.967. The summed E-state index contributed by atoms with van der Waals surface area (Å²) in [6, 6.07) is 0.191. The molecule has 0 spiro atoms. The molecule has 2 amide bonds. The zero-order valence-electron chi connectivity index (χ0n) is 13.0. The average molecular weight is 285 g/mol. The summed E-state index contributed by atoms with van der Waals surface area (Å²) in [5.41, 5.74) is 0. The van der Waals surface area contributed by atoms with Crippen LogP contribution in [0.1, 0.15) is 26.7 Å². The van der Waals surface area contributed by atoms with E-state index in [-0.39, 0.29) is 18.5 Å². The number of carboxylic acid groups (broad SMARTS) is 1. The van der Waals surface area contributed by atoms with Gasteiger partial charge in [0.05, 0.1) is 0 Å². The van der Waals surface area contributed by atoms with Crippen LogP contribution in [0.25, 0.3) is 0 Å². The minimum Gasteiger partial charge on any atom is -0.480 e. The first-order valence-corrected chi connectivity index (χ1v) is 7.23. The van der Waals surface area contributed by atoms with Crippen LogP contribution in [0, 0.1) is 5.92 Å². The van der Waals surface area contributed by atoms with Crippen LogP contribution in [-0.2, 0) is 4.79 Å². The Balaban J connectivity index is 2.59. The summed E-state index contributed by atoms with van der Waals surface area (Å²) in [6.45, 7) is 5.92. The molecule has 0 aliphatic carbocycles. The van der Waals surface area contributed by atoms with Crippen LogP contribution < -0.4 is 0 Å². The maximum Gasteiger partial charge on any atom is 0.323 e. The minimum absolute atomic E-state index is 0.193. The van der Waals surface area contributed by atoms with Crippen molar-refractivity contribution in [2.24, 2.45) is 5.92 Å². The summed E-state index contributed by atoms with van der Waals surface area (Å²) in [5.74, 6) is -0.716. The smallest absolute Gasteiger partial charge is 0.323 e. The van der Waals surface area contributed by atoms with Gasteiger partial charge in [0.15, 0.2) is 0 Å². The third kappa shape index (κ3) is 5.00. The molecule has 6 nitrogen and oxygen atoms in total. The Hall–Kier alpha value is -1.30. The van der Waals surface area contributed by atoms with Crippen LogP contribution in [-0.4, -0.2) is 78.1 Å². The van der Waals surface area contributed by atoms with Crippen molar-refractivity contribution in [3.8, 4) is 0 Å². The van der Waals surface area contributed by atoms with Crippen molar-refractivity contribution in [1.82, 2.24) is 14.7 Å². The maximum absolute atomic E-state index is 12.4. The van der Waals surface area contributed by atoms with Gasteiger partial charge in [0, 0.05) is 26.2 Å². The van der Waals surface area contributed by atoms with Gasteiger partial charge in [-0.2, -0.15) is 0 Å². The molecule has 1 aliphatic heterocycles. The van der Waals surface area contributed by atoms with E-state index in [9.17, 15) is 9.59 Å². The molecular weight excluding hydrogens is 258 g/mol. The number of likely N-dealkylation sites (N-methyl/N-ethyl adjacent to an activating group) is 2.